The summed E-state index contributed by atoms with van der Waals surface area (Å²) in [6, 6.07) is 15.8. The number of halogens is 1. The van der Waals surface area contributed by atoms with Gasteiger partial charge in [-0.2, -0.15) is 0 Å². The van der Waals surface area contributed by atoms with Gasteiger partial charge in [-0.25, -0.2) is 0 Å². The molecule has 3 nitrogen and oxygen atoms in total. The third-order valence-electron chi connectivity index (χ3n) is 3.62. The van der Waals surface area contributed by atoms with E-state index in [1.807, 2.05) is 48.7 Å². The Bertz CT molecular complexity index is 794. The van der Waals surface area contributed by atoms with Crippen molar-refractivity contribution in [2.45, 2.75) is 19.4 Å². The van der Waals surface area contributed by atoms with Crippen molar-refractivity contribution in [3.8, 4) is 0 Å². The number of fused-ring (bicyclic) bond motifs is 1. The second-order valence-electron chi connectivity index (χ2n) is 5.11. The van der Waals surface area contributed by atoms with Crippen LogP contribution in [0.25, 0.3) is 10.9 Å². The zero-order valence-electron chi connectivity index (χ0n) is 12.0. The number of benzene rings is 2. The van der Waals surface area contributed by atoms with Gasteiger partial charge in [0.2, 0.25) is 0 Å². The maximum atomic E-state index is 11.9. The van der Waals surface area contributed by atoms with E-state index in [2.05, 4.69) is 27.0 Å². The summed E-state index contributed by atoms with van der Waals surface area (Å²) >= 11 is 3.45. The molecule has 0 radical (unpaired) electrons. The lowest BCUT2D eigenvalue weighted by Gasteiger charge is -2.06. The van der Waals surface area contributed by atoms with E-state index < -0.39 is 0 Å². The second kappa shape index (κ2) is 6.79. The predicted molar refractivity (Wildman–Crippen MR) is 90.6 cm³/mol. The van der Waals surface area contributed by atoms with Crippen molar-refractivity contribution in [2.75, 3.05) is 0 Å². The average Bonchev–Trinajstić information content (AvgIpc) is 2.95. The number of rotatable bonds is 5. The van der Waals surface area contributed by atoms with Gasteiger partial charge in [0.05, 0.1) is 0 Å². The van der Waals surface area contributed by atoms with Gasteiger partial charge in [-0.05, 0) is 24.1 Å². The third-order valence-corrected chi connectivity index (χ3v) is 4.39. The molecular weight excluding hydrogens is 342 g/mol. The van der Waals surface area contributed by atoms with Gasteiger partial charge in [0.15, 0.2) is 0 Å². The monoisotopic (exact) mass is 357 g/mol. The van der Waals surface area contributed by atoms with Crippen LogP contribution in [-0.4, -0.2) is 11.0 Å². The topological polar surface area (TPSA) is 42.1 Å². The number of para-hydroxylation sites is 1. The second-order valence-corrected chi connectivity index (χ2v) is 5.97. The van der Waals surface area contributed by atoms with Crippen LogP contribution in [0.15, 0.2) is 59.2 Å². The van der Waals surface area contributed by atoms with Gasteiger partial charge in [-0.15, -0.1) is 0 Å². The first-order chi connectivity index (χ1) is 10.7. The maximum Gasteiger partial charge on any atom is 0.306 e. The number of hydrogen-bond donors (Lipinski definition) is 1. The Kier molecular flexibility index (Phi) is 4.59. The van der Waals surface area contributed by atoms with Crippen molar-refractivity contribution in [3.63, 3.8) is 0 Å². The lowest BCUT2D eigenvalue weighted by atomic mass is 10.1. The molecule has 3 aromatic rings. The first kappa shape index (κ1) is 14.9. The molecule has 0 bridgehead atoms. The fraction of sp³-hybridized carbons (Fsp3) is 0.167. The number of carbonyl (C=O) groups is 1. The summed E-state index contributed by atoms with van der Waals surface area (Å²) in [4.78, 5) is 15.1. The molecule has 0 fully saturated rings. The number of aromatic amines is 1. The zero-order valence-corrected chi connectivity index (χ0v) is 13.6. The average molecular weight is 358 g/mol. The van der Waals surface area contributed by atoms with E-state index >= 15 is 0 Å². The molecule has 1 N–H and O–H groups in total. The summed E-state index contributed by atoms with van der Waals surface area (Å²) in [6.07, 6.45) is 3.02. The summed E-state index contributed by atoms with van der Waals surface area (Å²) < 4.78 is 6.30. The summed E-state index contributed by atoms with van der Waals surface area (Å²) in [5, 5.41) is 1.17. The summed E-state index contributed by atoms with van der Waals surface area (Å²) in [7, 11) is 0. The molecule has 0 spiro atoms. The Morgan fingerprint density at radius 2 is 1.82 bits per heavy atom. The van der Waals surface area contributed by atoms with Crippen molar-refractivity contribution in [3.05, 3.63) is 70.3 Å². The Balaban J connectivity index is 1.55. The van der Waals surface area contributed by atoms with Gasteiger partial charge in [-0.1, -0.05) is 52.3 Å². The first-order valence-corrected chi connectivity index (χ1v) is 7.97. The van der Waals surface area contributed by atoms with E-state index in [1.165, 1.54) is 5.39 Å². The quantitative estimate of drug-likeness (QED) is 0.677. The van der Waals surface area contributed by atoms with Crippen molar-refractivity contribution in [1.82, 2.24) is 4.98 Å². The maximum absolute atomic E-state index is 11.9. The molecule has 22 heavy (non-hydrogen) atoms. The van der Waals surface area contributed by atoms with E-state index in [1.54, 1.807) is 0 Å². The number of aryl methyl sites for hydroxylation is 1. The van der Waals surface area contributed by atoms with Crippen molar-refractivity contribution in [2.24, 2.45) is 0 Å². The van der Waals surface area contributed by atoms with Crippen LogP contribution in [0.5, 0.6) is 0 Å². The Morgan fingerprint density at radius 1 is 1.05 bits per heavy atom. The Hall–Kier alpha value is -2.07. The molecule has 1 heterocycles. The molecule has 0 amide bonds. The van der Waals surface area contributed by atoms with Gasteiger partial charge in [0.25, 0.3) is 0 Å². The first-order valence-electron chi connectivity index (χ1n) is 7.18. The van der Waals surface area contributed by atoms with Gasteiger partial charge in [0.1, 0.15) is 6.61 Å². The minimum atomic E-state index is -0.180. The highest BCUT2D eigenvalue weighted by Crippen LogP contribution is 2.20. The molecule has 0 aliphatic carbocycles. The van der Waals surface area contributed by atoms with Crippen molar-refractivity contribution >= 4 is 32.8 Å². The van der Waals surface area contributed by atoms with E-state index in [-0.39, 0.29) is 5.97 Å². The molecule has 0 saturated heterocycles. The van der Waals surface area contributed by atoms with E-state index in [9.17, 15) is 4.79 Å². The molecule has 0 aliphatic rings. The van der Waals surface area contributed by atoms with Crippen LogP contribution in [0.2, 0.25) is 0 Å². The minimum absolute atomic E-state index is 0.180. The van der Waals surface area contributed by atoms with Crippen LogP contribution in [0.1, 0.15) is 17.5 Å². The van der Waals surface area contributed by atoms with Crippen LogP contribution in [-0.2, 0) is 22.6 Å². The van der Waals surface area contributed by atoms with Crippen LogP contribution in [0, 0.1) is 0 Å². The standard InChI is InChI=1S/C18H16BrNO2/c19-16-7-3-1-5-14(16)12-22-18(21)10-9-13-11-20-17-8-4-2-6-15(13)17/h1-8,11,20H,9-10,12H2. The molecule has 1 aromatic heterocycles. The Labute approximate surface area is 137 Å². The van der Waals surface area contributed by atoms with Gasteiger partial charge in [-0.3, -0.25) is 4.79 Å². The Morgan fingerprint density at radius 3 is 2.68 bits per heavy atom. The number of nitrogens with one attached hydrogen (secondary N) is 1. The summed E-state index contributed by atoms with van der Waals surface area (Å²) in [5.41, 5.74) is 3.22. The van der Waals surface area contributed by atoms with Gasteiger partial charge in [0, 0.05) is 33.6 Å². The molecule has 112 valence electrons. The number of esters is 1. The number of hydrogen-bond acceptors (Lipinski definition) is 2. The highest BCUT2D eigenvalue weighted by atomic mass is 79.9. The van der Waals surface area contributed by atoms with Crippen molar-refractivity contribution in [1.29, 1.82) is 0 Å². The van der Waals surface area contributed by atoms with Gasteiger partial charge < -0.3 is 9.72 Å². The van der Waals surface area contributed by atoms with Crippen LogP contribution >= 0.6 is 15.9 Å². The van der Waals surface area contributed by atoms with Crippen LogP contribution < -0.4 is 0 Å². The fourth-order valence-corrected chi connectivity index (χ4v) is 2.82. The zero-order chi connectivity index (χ0) is 15.4. The predicted octanol–water partition coefficient (Wildman–Crippen LogP) is 4.61. The lowest BCUT2D eigenvalue weighted by molar-refractivity contribution is -0.144. The summed E-state index contributed by atoms with van der Waals surface area (Å²) in [5.74, 6) is -0.180. The molecule has 4 heteroatoms. The highest BCUT2D eigenvalue weighted by Gasteiger charge is 2.08. The van der Waals surface area contributed by atoms with E-state index in [4.69, 9.17) is 4.74 Å². The molecule has 3 rings (SSSR count). The number of carbonyl (C=O) groups excluding carboxylic acids is 1. The smallest absolute Gasteiger partial charge is 0.306 e. The largest absolute Gasteiger partial charge is 0.461 e. The van der Waals surface area contributed by atoms with Crippen LogP contribution in [0.4, 0.5) is 0 Å². The SMILES string of the molecule is O=C(CCc1c[nH]c2ccccc12)OCc1ccccc1Br. The van der Waals surface area contributed by atoms with E-state index in [0.29, 0.717) is 19.4 Å². The third kappa shape index (κ3) is 3.39. The molecule has 0 aliphatic heterocycles. The van der Waals surface area contributed by atoms with Crippen LogP contribution in [0.3, 0.4) is 0 Å². The number of ether oxygens (including phenoxy) is 1. The van der Waals surface area contributed by atoms with E-state index in [0.717, 1.165) is 21.1 Å². The molecule has 2 aromatic carbocycles. The highest BCUT2D eigenvalue weighted by molar-refractivity contribution is 9.10. The normalized spacial score (nSPS) is 10.8. The van der Waals surface area contributed by atoms with Crippen molar-refractivity contribution < 1.29 is 9.53 Å². The molecule has 0 unspecified atom stereocenters. The number of H-pyrrole nitrogens is 1. The van der Waals surface area contributed by atoms with Gasteiger partial charge >= 0.3 is 5.97 Å². The summed E-state index contributed by atoms with van der Waals surface area (Å²) in [6.45, 7) is 0.300. The molecule has 0 atom stereocenters. The fourth-order valence-electron chi connectivity index (χ4n) is 2.42. The molecule has 0 saturated carbocycles. The molecular formula is C18H16BrNO2. The number of aromatic nitrogens is 1. The lowest BCUT2D eigenvalue weighted by Crippen LogP contribution is -2.06. The minimum Gasteiger partial charge on any atom is -0.461 e.